The summed E-state index contributed by atoms with van der Waals surface area (Å²) in [6.07, 6.45) is 0. The van der Waals surface area contributed by atoms with Gasteiger partial charge in [0, 0.05) is 17.7 Å². The van der Waals surface area contributed by atoms with Crippen LogP contribution in [0.1, 0.15) is 17.2 Å². The highest BCUT2D eigenvalue weighted by Crippen LogP contribution is 2.44. The minimum atomic E-state index is -1.12. The Balaban J connectivity index is 1.98. The molecule has 4 rings (SSSR count). The molecule has 9 heteroatoms. The Morgan fingerprint density at radius 1 is 1.03 bits per heavy atom. The number of aliphatic hydroxyl groups excluding tert-OH is 1. The number of amides is 1. The van der Waals surface area contributed by atoms with Crippen LogP contribution in [0.4, 0.5) is 11.4 Å². The molecule has 0 aliphatic carbocycles. The van der Waals surface area contributed by atoms with Gasteiger partial charge in [0.2, 0.25) is 0 Å². The van der Waals surface area contributed by atoms with Gasteiger partial charge in [-0.1, -0.05) is 42.5 Å². The lowest BCUT2D eigenvalue weighted by molar-refractivity contribution is -0.384. The third-order valence-electron chi connectivity index (χ3n) is 5.33. The zero-order chi connectivity index (χ0) is 23.7. The topological polar surface area (TPSA) is 130 Å². The number of ether oxygens (including phenoxy) is 1. The van der Waals surface area contributed by atoms with Gasteiger partial charge in [-0.2, -0.15) is 0 Å². The van der Waals surface area contributed by atoms with E-state index in [0.29, 0.717) is 11.1 Å². The number of hydrogen-bond donors (Lipinski definition) is 2. The molecule has 3 aromatic carbocycles. The van der Waals surface area contributed by atoms with Crippen molar-refractivity contribution in [2.45, 2.75) is 6.04 Å². The average Bonchev–Trinajstić information content (AvgIpc) is 3.10. The van der Waals surface area contributed by atoms with E-state index in [0.717, 1.165) is 4.90 Å². The molecular formula is C24H18N2O7. The summed E-state index contributed by atoms with van der Waals surface area (Å²) >= 11 is 0. The fourth-order valence-corrected chi connectivity index (χ4v) is 3.79. The van der Waals surface area contributed by atoms with E-state index >= 15 is 0 Å². The zero-order valence-corrected chi connectivity index (χ0v) is 17.3. The number of rotatable bonds is 5. The van der Waals surface area contributed by atoms with Gasteiger partial charge in [0.1, 0.15) is 5.76 Å². The molecule has 0 saturated carbocycles. The Morgan fingerprint density at radius 3 is 2.42 bits per heavy atom. The van der Waals surface area contributed by atoms with Crippen LogP contribution in [-0.2, 0) is 9.59 Å². The molecule has 0 bridgehead atoms. The molecule has 166 valence electrons. The van der Waals surface area contributed by atoms with E-state index in [1.165, 1.54) is 49.6 Å². The number of anilines is 1. The monoisotopic (exact) mass is 446 g/mol. The number of nitrogens with zero attached hydrogens (tertiary/aromatic N) is 2. The Labute approximate surface area is 187 Å². The molecule has 2 N–H and O–H groups in total. The van der Waals surface area contributed by atoms with Crippen LogP contribution in [0.5, 0.6) is 11.5 Å². The number of carbonyl (C=O) groups excluding carboxylic acids is 2. The number of benzene rings is 3. The number of aliphatic hydroxyl groups is 1. The van der Waals surface area contributed by atoms with Gasteiger partial charge >= 0.3 is 0 Å². The predicted molar refractivity (Wildman–Crippen MR) is 119 cm³/mol. The van der Waals surface area contributed by atoms with E-state index in [9.17, 15) is 29.9 Å². The van der Waals surface area contributed by atoms with Crippen molar-refractivity contribution in [3.05, 3.63) is 99.6 Å². The molecule has 1 atom stereocenters. The number of carbonyl (C=O) groups is 2. The lowest BCUT2D eigenvalue weighted by Gasteiger charge is -2.25. The molecule has 1 aliphatic heterocycles. The first kappa shape index (κ1) is 21.6. The fraction of sp³-hybridized carbons (Fsp3) is 0.0833. The summed E-state index contributed by atoms with van der Waals surface area (Å²) in [7, 11) is 1.35. The molecule has 33 heavy (non-hydrogen) atoms. The quantitative estimate of drug-likeness (QED) is 0.200. The highest BCUT2D eigenvalue weighted by Gasteiger charge is 2.47. The molecular weight excluding hydrogens is 428 g/mol. The van der Waals surface area contributed by atoms with Gasteiger partial charge < -0.3 is 14.9 Å². The van der Waals surface area contributed by atoms with E-state index < -0.39 is 22.7 Å². The zero-order valence-electron chi connectivity index (χ0n) is 17.3. The van der Waals surface area contributed by atoms with Crippen LogP contribution >= 0.6 is 0 Å². The third-order valence-corrected chi connectivity index (χ3v) is 5.33. The van der Waals surface area contributed by atoms with Crippen molar-refractivity contribution in [2.75, 3.05) is 12.0 Å². The smallest absolute Gasteiger partial charge is 0.300 e. The van der Waals surface area contributed by atoms with E-state index in [4.69, 9.17) is 4.74 Å². The first-order valence-electron chi connectivity index (χ1n) is 9.81. The second kappa shape index (κ2) is 8.46. The Bertz CT molecular complexity index is 1300. The number of nitro groups is 1. The average molecular weight is 446 g/mol. The van der Waals surface area contributed by atoms with E-state index in [1.54, 1.807) is 30.3 Å². The number of aromatic hydroxyl groups is 1. The SMILES string of the molecule is COc1cc(C2C(=C(O)c3ccccc3)C(=O)C(=O)N2c2cccc([N+](=O)[O-])c2)ccc1O. The van der Waals surface area contributed by atoms with Crippen molar-refractivity contribution in [1.82, 2.24) is 0 Å². The first-order valence-corrected chi connectivity index (χ1v) is 9.81. The number of non-ortho nitro benzene ring substituents is 1. The number of phenols is 1. The minimum Gasteiger partial charge on any atom is -0.507 e. The number of phenolic OH excluding ortho intramolecular Hbond substituents is 1. The van der Waals surface area contributed by atoms with Crippen molar-refractivity contribution >= 4 is 28.8 Å². The van der Waals surface area contributed by atoms with Crippen LogP contribution < -0.4 is 9.64 Å². The summed E-state index contributed by atoms with van der Waals surface area (Å²) in [6.45, 7) is 0. The molecule has 1 amide bonds. The van der Waals surface area contributed by atoms with Crippen LogP contribution in [-0.4, -0.2) is 33.9 Å². The molecule has 1 fully saturated rings. The summed E-state index contributed by atoms with van der Waals surface area (Å²) in [4.78, 5) is 38.0. The lowest BCUT2D eigenvalue weighted by Crippen LogP contribution is -2.29. The Morgan fingerprint density at radius 2 is 1.76 bits per heavy atom. The van der Waals surface area contributed by atoms with E-state index in [1.807, 2.05) is 0 Å². The van der Waals surface area contributed by atoms with Gasteiger partial charge in [-0.05, 0) is 23.8 Å². The molecule has 0 radical (unpaired) electrons. The highest BCUT2D eigenvalue weighted by molar-refractivity contribution is 6.51. The largest absolute Gasteiger partial charge is 0.507 e. The van der Waals surface area contributed by atoms with Crippen LogP contribution in [0, 0.1) is 10.1 Å². The second-order valence-corrected chi connectivity index (χ2v) is 7.24. The number of nitro benzene ring substituents is 1. The molecule has 1 saturated heterocycles. The summed E-state index contributed by atoms with van der Waals surface area (Å²) in [5.41, 5.74) is 0.332. The van der Waals surface area contributed by atoms with Crippen molar-refractivity contribution in [3.63, 3.8) is 0 Å². The Hall–Kier alpha value is -4.66. The van der Waals surface area contributed by atoms with Crippen LogP contribution in [0.2, 0.25) is 0 Å². The van der Waals surface area contributed by atoms with E-state index in [2.05, 4.69) is 0 Å². The normalized spacial score (nSPS) is 17.2. The summed E-state index contributed by atoms with van der Waals surface area (Å²) in [5.74, 6) is -2.35. The van der Waals surface area contributed by atoms with Crippen molar-refractivity contribution in [1.29, 1.82) is 0 Å². The minimum absolute atomic E-state index is 0.0943. The second-order valence-electron chi connectivity index (χ2n) is 7.24. The van der Waals surface area contributed by atoms with E-state index in [-0.39, 0.29) is 34.2 Å². The van der Waals surface area contributed by atoms with Gasteiger partial charge in [-0.3, -0.25) is 24.6 Å². The number of hydrogen-bond acceptors (Lipinski definition) is 7. The fourth-order valence-electron chi connectivity index (χ4n) is 3.79. The number of methoxy groups -OCH3 is 1. The van der Waals surface area contributed by atoms with Crippen molar-refractivity contribution in [3.8, 4) is 11.5 Å². The molecule has 1 unspecified atom stereocenters. The predicted octanol–water partition coefficient (Wildman–Crippen LogP) is 3.94. The summed E-state index contributed by atoms with van der Waals surface area (Å²) < 4.78 is 5.16. The standard InChI is InChI=1S/C24H18N2O7/c1-33-19-12-15(10-11-18(19)27)21-20(22(28)14-6-3-2-4-7-14)23(29)24(30)25(21)16-8-5-9-17(13-16)26(31)32/h2-13,21,27-28H,1H3. The number of ketones is 1. The maximum atomic E-state index is 13.1. The first-order chi connectivity index (χ1) is 15.8. The summed E-state index contributed by atoms with van der Waals surface area (Å²) in [5, 5.41) is 32.3. The summed E-state index contributed by atoms with van der Waals surface area (Å²) in [6, 6.07) is 16.7. The van der Waals surface area contributed by atoms with Gasteiger partial charge in [-0.25, -0.2) is 0 Å². The Kier molecular flexibility index (Phi) is 5.53. The van der Waals surface area contributed by atoms with Crippen LogP contribution in [0.3, 0.4) is 0 Å². The van der Waals surface area contributed by atoms with Gasteiger partial charge in [0.05, 0.1) is 29.3 Å². The maximum absolute atomic E-state index is 13.1. The maximum Gasteiger partial charge on any atom is 0.300 e. The lowest BCUT2D eigenvalue weighted by atomic mass is 9.94. The van der Waals surface area contributed by atoms with Crippen LogP contribution in [0.25, 0.3) is 5.76 Å². The van der Waals surface area contributed by atoms with Gasteiger partial charge in [-0.15, -0.1) is 0 Å². The van der Waals surface area contributed by atoms with Crippen LogP contribution in [0.15, 0.2) is 78.4 Å². The highest BCUT2D eigenvalue weighted by atomic mass is 16.6. The van der Waals surface area contributed by atoms with Gasteiger partial charge in [0.15, 0.2) is 11.5 Å². The van der Waals surface area contributed by atoms with Crippen molar-refractivity contribution < 1.29 is 29.5 Å². The molecule has 1 aliphatic rings. The molecule has 1 heterocycles. The molecule has 9 nitrogen and oxygen atoms in total. The third kappa shape index (κ3) is 3.76. The van der Waals surface area contributed by atoms with Crippen molar-refractivity contribution in [2.24, 2.45) is 0 Å². The number of Topliss-reactive ketones (excluding diaryl/α,β-unsaturated/α-hetero) is 1. The molecule has 0 spiro atoms. The molecule has 0 aromatic heterocycles. The molecule has 3 aromatic rings. The van der Waals surface area contributed by atoms with Gasteiger partial charge in [0.25, 0.3) is 17.4 Å².